The fourth-order valence-corrected chi connectivity index (χ4v) is 4.22. The summed E-state index contributed by atoms with van der Waals surface area (Å²) in [6.45, 7) is 6.31. The summed E-state index contributed by atoms with van der Waals surface area (Å²) in [4.78, 5) is 7.11. The largest absolute Gasteiger partial charge is 0.491 e. The molecular formula is C23H25FN6O. The number of likely N-dealkylation sites (tertiary alicyclic amines) is 1. The van der Waals surface area contributed by atoms with E-state index in [2.05, 4.69) is 34.3 Å². The van der Waals surface area contributed by atoms with Crippen molar-refractivity contribution in [2.75, 3.05) is 19.7 Å². The van der Waals surface area contributed by atoms with E-state index >= 15 is 0 Å². The molecule has 0 bridgehead atoms. The van der Waals surface area contributed by atoms with Crippen LogP contribution in [0.4, 0.5) is 4.39 Å². The van der Waals surface area contributed by atoms with E-state index in [0.717, 1.165) is 25.2 Å². The van der Waals surface area contributed by atoms with Gasteiger partial charge in [-0.15, -0.1) is 10.2 Å². The maximum absolute atomic E-state index is 14.2. The molecule has 1 saturated heterocycles. The van der Waals surface area contributed by atoms with Crippen LogP contribution in [0.2, 0.25) is 0 Å². The highest BCUT2D eigenvalue weighted by Crippen LogP contribution is 2.28. The van der Waals surface area contributed by atoms with Crippen LogP contribution in [0.3, 0.4) is 0 Å². The third-order valence-corrected chi connectivity index (χ3v) is 5.98. The normalized spacial score (nSPS) is 18.1. The Hall–Kier alpha value is -3.10. The van der Waals surface area contributed by atoms with Crippen LogP contribution in [0.5, 0.6) is 5.75 Å². The molecule has 0 unspecified atom stereocenters. The Morgan fingerprint density at radius 2 is 2.10 bits per heavy atom. The third-order valence-electron chi connectivity index (χ3n) is 5.98. The van der Waals surface area contributed by atoms with Crippen molar-refractivity contribution in [3.05, 3.63) is 54.0 Å². The van der Waals surface area contributed by atoms with Gasteiger partial charge in [0.1, 0.15) is 5.69 Å². The molecule has 0 aliphatic carbocycles. The quantitative estimate of drug-likeness (QED) is 0.532. The van der Waals surface area contributed by atoms with Gasteiger partial charge >= 0.3 is 0 Å². The smallest absolute Gasteiger partial charge is 0.187 e. The van der Waals surface area contributed by atoms with Crippen LogP contribution in [-0.4, -0.2) is 50.2 Å². The van der Waals surface area contributed by atoms with E-state index in [1.54, 1.807) is 6.07 Å². The van der Waals surface area contributed by atoms with Gasteiger partial charge in [0, 0.05) is 42.8 Å². The highest BCUT2D eigenvalue weighted by Gasteiger charge is 2.25. The summed E-state index contributed by atoms with van der Waals surface area (Å²) in [5.74, 6) is 0.453. The Bertz CT molecular complexity index is 1260. The van der Waals surface area contributed by atoms with Crippen molar-refractivity contribution >= 4 is 16.6 Å². The number of pyridine rings is 2. The second-order valence-electron chi connectivity index (χ2n) is 8.04. The predicted molar refractivity (Wildman–Crippen MR) is 117 cm³/mol. The van der Waals surface area contributed by atoms with Crippen molar-refractivity contribution in [3.8, 4) is 17.3 Å². The Labute approximate surface area is 179 Å². The number of rotatable bonds is 5. The summed E-state index contributed by atoms with van der Waals surface area (Å²) in [6.07, 6.45) is 3.09. The van der Waals surface area contributed by atoms with E-state index < -0.39 is 5.82 Å². The van der Waals surface area contributed by atoms with Gasteiger partial charge in [-0.25, -0.2) is 9.37 Å². The number of nitrogens with two attached hydrogens (primary N) is 1. The van der Waals surface area contributed by atoms with Crippen LogP contribution in [0.25, 0.3) is 28.1 Å². The van der Waals surface area contributed by atoms with Gasteiger partial charge in [-0.2, -0.15) is 0 Å². The molecule has 5 rings (SSSR count). The van der Waals surface area contributed by atoms with Crippen LogP contribution >= 0.6 is 0 Å². The Kier molecular flexibility index (Phi) is 5.03. The predicted octanol–water partition coefficient (Wildman–Crippen LogP) is 3.58. The number of aromatic nitrogens is 4. The molecule has 1 aliphatic rings. The minimum absolute atomic E-state index is 0.200. The van der Waals surface area contributed by atoms with Gasteiger partial charge < -0.3 is 10.5 Å². The number of fused-ring (bicyclic) bond motifs is 2. The zero-order chi connectivity index (χ0) is 21.5. The summed E-state index contributed by atoms with van der Waals surface area (Å²) >= 11 is 0. The summed E-state index contributed by atoms with van der Waals surface area (Å²) in [7, 11) is 0. The lowest BCUT2D eigenvalue weighted by Gasteiger charge is -2.24. The highest BCUT2D eigenvalue weighted by molar-refractivity contribution is 5.82. The molecule has 7 nitrogen and oxygen atoms in total. The zero-order valence-corrected chi connectivity index (χ0v) is 17.6. The zero-order valence-electron chi connectivity index (χ0n) is 17.6. The van der Waals surface area contributed by atoms with E-state index in [9.17, 15) is 4.39 Å². The lowest BCUT2D eigenvalue weighted by molar-refractivity contribution is 0.259. The number of hydrogen-bond donors (Lipinski definition) is 1. The van der Waals surface area contributed by atoms with Crippen LogP contribution in [-0.2, 0) is 0 Å². The molecule has 1 fully saturated rings. The molecule has 1 aromatic carbocycles. The standard InChI is InChI=1S/C23H25FN6O/c1-3-31-21-11-20-15(10-18(21)24)4-6-19(26-20)23-28-27-22-7-5-16(12-30(22)23)14(2)29-9-8-17(25)13-29/h4-7,10-12,14,17H,3,8-9,13,25H2,1-2H3/t14-,17+/m0/s1. The van der Waals surface area contributed by atoms with E-state index in [0.29, 0.717) is 29.0 Å². The number of halogens is 1. The van der Waals surface area contributed by atoms with Gasteiger partial charge in [-0.05, 0) is 44.0 Å². The highest BCUT2D eigenvalue weighted by atomic mass is 19.1. The SMILES string of the molecule is CCOc1cc2nc(-c3nnc4ccc([C@H](C)N5CC[C@@H](N)C5)cn34)ccc2cc1F. The summed E-state index contributed by atoms with van der Waals surface area (Å²) < 4.78 is 21.5. The van der Waals surface area contributed by atoms with E-state index in [1.165, 1.54) is 11.6 Å². The Morgan fingerprint density at radius 3 is 2.87 bits per heavy atom. The first-order valence-electron chi connectivity index (χ1n) is 10.6. The summed E-state index contributed by atoms with van der Waals surface area (Å²) in [6, 6.07) is 11.3. The van der Waals surface area contributed by atoms with E-state index in [-0.39, 0.29) is 17.8 Å². The van der Waals surface area contributed by atoms with Crippen molar-refractivity contribution in [2.24, 2.45) is 5.73 Å². The van der Waals surface area contributed by atoms with Crippen LogP contribution in [0, 0.1) is 5.82 Å². The molecule has 0 amide bonds. The van der Waals surface area contributed by atoms with Crippen molar-refractivity contribution in [1.82, 2.24) is 24.5 Å². The van der Waals surface area contributed by atoms with Crippen molar-refractivity contribution in [3.63, 3.8) is 0 Å². The summed E-state index contributed by atoms with van der Waals surface area (Å²) in [5.41, 5.74) is 9.33. The second kappa shape index (κ2) is 7.86. The first-order chi connectivity index (χ1) is 15.0. The molecular weight excluding hydrogens is 395 g/mol. The van der Waals surface area contributed by atoms with Gasteiger partial charge in [0.25, 0.3) is 0 Å². The second-order valence-corrected chi connectivity index (χ2v) is 8.04. The maximum atomic E-state index is 14.2. The number of ether oxygens (including phenoxy) is 1. The molecule has 4 aromatic rings. The number of benzene rings is 1. The lowest BCUT2D eigenvalue weighted by atomic mass is 10.1. The molecule has 2 N–H and O–H groups in total. The number of hydrogen-bond acceptors (Lipinski definition) is 6. The Balaban J connectivity index is 1.55. The van der Waals surface area contributed by atoms with Gasteiger partial charge in [-0.3, -0.25) is 9.30 Å². The van der Waals surface area contributed by atoms with Gasteiger partial charge in [0.15, 0.2) is 23.0 Å². The topological polar surface area (TPSA) is 81.6 Å². The molecule has 31 heavy (non-hydrogen) atoms. The molecule has 0 saturated carbocycles. The fourth-order valence-electron chi connectivity index (χ4n) is 4.22. The summed E-state index contributed by atoms with van der Waals surface area (Å²) in [5, 5.41) is 9.38. The van der Waals surface area contributed by atoms with Gasteiger partial charge in [0.2, 0.25) is 0 Å². The van der Waals surface area contributed by atoms with Gasteiger partial charge in [-0.1, -0.05) is 12.1 Å². The molecule has 0 spiro atoms. The molecule has 0 radical (unpaired) electrons. The third kappa shape index (κ3) is 3.62. The van der Waals surface area contributed by atoms with Crippen molar-refractivity contribution in [1.29, 1.82) is 0 Å². The van der Waals surface area contributed by atoms with E-state index in [1.807, 2.05) is 29.5 Å². The monoisotopic (exact) mass is 420 g/mol. The Morgan fingerprint density at radius 1 is 1.23 bits per heavy atom. The average Bonchev–Trinajstić information content (AvgIpc) is 3.39. The molecule has 1 aliphatic heterocycles. The first-order valence-corrected chi connectivity index (χ1v) is 10.6. The average molecular weight is 420 g/mol. The molecule has 2 atom stereocenters. The van der Waals surface area contributed by atoms with Gasteiger partial charge in [0.05, 0.1) is 12.1 Å². The van der Waals surface area contributed by atoms with Crippen molar-refractivity contribution in [2.45, 2.75) is 32.4 Å². The number of nitrogens with zero attached hydrogens (tertiary/aromatic N) is 5. The molecule has 8 heteroatoms. The first kappa shape index (κ1) is 19.8. The van der Waals surface area contributed by atoms with Crippen LogP contribution in [0.15, 0.2) is 42.6 Å². The maximum Gasteiger partial charge on any atom is 0.187 e. The van der Waals surface area contributed by atoms with Crippen LogP contribution in [0.1, 0.15) is 31.9 Å². The van der Waals surface area contributed by atoms with E-state index in [4.69, 9.17) is 15.5 Å². The minimum Gasteiger partial charge on any atom is -0.491 e. The van der Waals surface area contributed by atoms with Crippen LogP contribution < -0.4 is 10.5 Å². The fraction of sp³-hybridized carbons (Fsp3) is 0.348. The minimum atomic E-state index is -0.392. The molecule has 3 aromatic heterocycles. The lowest BCUT2D eigenvalue weighted by Crippen LogP contribution is -2.28. The molecule has 4 heterocycles. The van der Waals surface area contributed by atoms with Crippen molar-refractivity contribution < 1.29 is 9.13 Å². The molecule has 160 valence electrons.